The zero-order chi connectivity index (χ0) is 21.4. The first-order chi connectivity index (χ1) is 14.3. The number of aromatic amines is 1. The number of nitrogens with one attached hydrogen (secondary N) is 3. The number of benzene rings is 1. The maximum absolute atomic E-state index is 13.0. The second kappa shape index (κ2) is 7.93. The van der Waals surface area contributed by atoms with E-state index >= 15 is 0 Å². The molecule has 0 bridgehead atoms. The lowest BCUT2D eigenvalue weighted by Gasteiger charge is -2.34. The third-order valence-corrected chi connectivity index (χ3v) is 5.98. The Morgan fingerprint density at radius 1 is 1.23 bits per heavy atom. The molecule has 2 aromatic rings. The van der Waals surface area contributed by atoms with E-state index in [1.165, 1.54) is 0 Å². The monoisotopic (exact) mass is 409 g/mol. The molecule has 0 radical (unpaired) electrons. The van der Waals surface area contributed by atoms with Crippen molar-refractivity contribution < 1.29 is 9.59 Å². The minimum Gasteiger partial charge on any atom is -0.340 e. The number of aryl methyl sites for hydroxylation is 2. The van der Waals surface area contributed by atoms with Crippen molar-refractivity contribution in [3.63, 3.8) is 0 Å². The van der Waals surface area contributed by atoms with Crippen molar-refractivity contribution in [2.45, 2.75) is 58.4 Å². The van der Waals surface area contributed by atoms with E-state index in [-0.39, 0.29) is 41.2 Å². The van der Waals surface area contributed by atoms with E-state index in [0.717, 1.165) is 36.9 Å². The molecule has 3 heterocycles. The third kappa shape index (κ3) is 3.81. The Labute approximate surface area is 175 Å². The molecule has 2 amide bonds. The lowest BCUT2D eigenvalue weighted by molar-refractivity contribution is -0.123. The summed E-state index contributed by atoms with van der Waals surface area (Å²) in [6.07, 6.45) is 3.10. The normalized spacial score (nSPS) is 21.0. The third-order valence-electron chi connectivity index (χ3n) is 5.98. The van der Waals surface area contributed by atoms with Crippen LogP contribution in [0, 0.1) is 13.8 Å². The molecule has 0 aliphatic carbocycles. The SMILES string of the molecule is Cc1ccc(C)c(NC(=O)[C@@H]2CC(=O)Nc3nc(N4CCCC[C@@H]4C)[nH]c(=O)c32)c1. The van der Waals surface area contributed by atoms with Crippen molar-refractivity contribution >= 4 is 29.3 Å². The first-order valence-corrected chi connectivity index (χ1v) is 10.4. The summed E-state index contributed by atoms with van der Waals surface area (Å²) in [6, 6.07) is 6.02. The fourth-order valence-corrected chi connectivity index (χ4v) is 4.22. The number of anilines is 3. The van der Waals surface area contributed by atoms with Crippen LogP contribution in [0.2, 0.25) is 0 Å². The van der Waals surface area contributed by atoms with E-state index in [9.17, 15) is 14.4 Å². The highest BCUT2D eigenvalue weighted by Crippen LogP contribution is 2.31. The number of rotatable bonds is 3. The van der Waals surface area contributed by atoms with Gasteiger partial charge in [0.2, 0.25) is 17.8 Å². The molecule has 0 unspecified atom stereocenters. The van der Waals surface area contributed by atoms with Gasteiger partial charge >= 0.3 is 0 Å². The minimum absolute atomic E-state index is 0.0894. The zero-order valence-electron chi connectivity index (χ0n) is 17.5. The van der Waals surface area contributed by atoms with Crippen molar-refractivity contribution in [1.29, 1.82) is 0 Å². The Kier molecular flexibility index (Phi) is 5.32. The highest BCUT2D eigenvalue weighted by Gasteiger charge is 2.35. The number of carbonyl (C=O) groups is 2. The molecular formula is C22H27N5O3. The molecule has 0 spiro atoms. The Morgan fingerprint density at radius 2 is 2.03 bits per heavy atom. The Morgan fingerprint density at radius 3 is 2.80 bits per heavy atom. The van der Waals surface area contributed by atoms with E-state index in [2.05, 4.69) is 32.4 Å². The predicted octanol–water partition coefficient (Wildman–Crippen LogP) is 2.83. The zero-order valence-corrected chi connectivity index (χ0v) is 17.5. The lowest BCUT2D eigenvalue weighted by atomic mass is 9.92. The van der Waals surface area contributed by atoms with Gasteiger partial charge in [-0.15, -0.1) is 0 Å². The van der Waals surface area contributed by atoms with Gasteiger partial charge in [-0.1, -0.05) is 12.1 Å². The number of carbonyl (C=O) groups excluding carboxylic acids is 2. The molecule has 2 aliphatic rings. The van der Waals surface area contributed by atoms with Gasteiger partial charge in [-0.05, 0) is 57.2 Å². The van der Waals surface area contributed by atoms with Gasteiger partial charge in [0.1, 0.15) is 5.82 Å². The van der Waals surface area contributed by atoms with Crippen LogP contribution in [0.1, 0.15) is 55.2 Å². The van der Waals surface area contributed by atoms with Gasteiger partial charge in [0, 0.05) is 24.7 Å². The van der Waals surface area contributed by atoms with E-state index in [0.29, 0.717) is 11.6 Å². The molecule has 4 rings (SSSR count). The molecule has 1 fully saturated rings. The van der Waals surface area contributed by atoms with Crippen LogP contribution in [-0.4, -0.2) is 34.4 Å². The topological polar surface area (TPSA) is 107 Å². The van der Waals surface area contributed by atoms with Crippen molar-refractivity contribution in [1.82, 2.24) is 9.97 Å². The molecule has 1 aromatic carbocycles. The maximum Gasteiger partial charge on any atom is 0.258 e. The summed E-state index contributed by atoms with van der Waals surface area (Å²) in [6.45, 7) is 6.73. The van der Waals surface area contributed by atoms with Gasteiger partial charge in [-0.2, -0.15) is 4.98 Å². The number of piperidine rings is 1. The molecule has 2 atom stereocenters. The minimum atomic E-state index is -0.891. The second-order valence-corrected chi connectivity index (χ2v) is 8.30. The van der Waals surface area contributed by atoms with Crippen molar-refractivity contribution in [2.24, 2.45) is 0 Å². The molecule has 3 N–H and O–H groups in total. The fourth-order valence-electron chi connectivity index (χ4n) is 4.22. The largest absolute Gasteiger partial charge is 0.340 e. The van der Waals surface area contributed by atoms with Gasteiger partial charge in [-0.3, -0.25) is 19.4 Å². The number of H-pyrrole nitrogens is 1. The van der Waals surface area contributed by atoms with E-state index in [1.807, 2.05) is 32.0 Å². The Bertz CT molecular complexity index is 1060. The highest BCUT2D eigenvalue weighted by molar-refractivity contribution is 6.04. The summed E-state index contributed by atoms with van der Waals surface area (Å²) >= 11 is 0. The number of hydrogen-bond acceptors (Lipinski definition) is 5. The van der Waals surface area contributed by atoms with E-state index < -0.39 is 5.92 Å². The summed E-state index contributed by atoms with van der Waals surface area (Å²) in [5.74, 6) is -0.964. The molecule has 1 saturated heterocycles. The van der Waals surface area contributed by atoms with Gasteiger partial charge in [-0.25, -0.2) is 0 Å². The Hall–Kier alpha value is -3.16. The average molecular weight is 409 g/mol. The van der Waals surface area contributed by atoms with Gasteiger partial charge in [0.15, 0.2) is 0 Å². The maximum atomic E-state index is 13.0. The quantitative estimate of drug-likeness (QED) is 0.723. The molecule has 0 saturated carbocycles. The Balaban J connectivity index is 1.67. The van der Waals surface area contributed by atoms with Gasteiger partial charge < -0.3 is 15.5 Å². The van der Waals surface area contributed by atoms with Crippen molar-refractivity contribution in [3.05, 3.63) is 45.2 Å². The summed E-state index contributed by atoms with van der Waals surface area (Å²) < 4.78 is 0. The van der Waals surface area contributed by atoms with Crippen LogP contribution in [0.15, 0.2) is 23.0 Å². The van der Waals surface area contributed by atoms with Crippen LogP contribution in [-0.2, 0) is 9.59 Å². The number of fused-ring (bicyclic) bond motifs is 1. The number of hydrogen-bond donors (Lipinski definition) is 3. The summed E-state index contributed by atoms with van der Waals surface area (Å²) in [7, 11) is 0. The molecule has 1 aromatic heterocycles. The number of amides is 2. The summed E-state index contributed by atoms with van der Waals surface area (Å²) in [4.78, 5) is 47.8. The summed E-state index contributed by atoms with van der Waals surface area (Å²) in [5.41, 5.74) is 2.43. The predicted molar refractivity (Wildman–Crippen MR) is 116 cm³/mol. The van der Waals surface area contributed by atoms with E-state index in [4.69, 9.17) is 0 Å². The molecule has 2 aliphatic heterocycles. The molecular weight excluding hydrogens is 382 g/mol. The van der Waals surface area contributed by atoms with Crippen LogP contribution < -0.4 is 21.1 Å². The van der Waals surface area contributed by atoms with Crippen LogP contribution in [0.5, 0.6) is 0 Å². The highest BCUT2D eigenvalue weighted by atomic mass is 16.2. The van der Waals surface area contributed by atoms with Crippen molar-refractivity contribution in [3.8, 4) is 0 Å². The fraction of sp³-hybridized carbons (Fsp3) is 0.455. The first-order valence-electron chi connectivity index (χ1n) is 10.4. The van der Waals surface area contributed by atoms with Crippen LogP contribution in [0.3, 0.4) is 0 Å². The van der Waals surface area contributed by atoms with Gasteiger partial charge in [0.25, 0.3) is 5.56 Å². The standard InChI is InChI=1S/C22H27N5O3/c1-12-7-8-13(2)16(10-12)23-20(29)15-11-17(28)24-19-18(15)21(30)26-22(25-19)27-9-5-4-6-14(27)3/h7-8,10,14-15H,4-6,9,11H2,1-3H3,(H,23,29)(H2,24,25,26,28,30)/t14-,15+/m0/s1. The van der Waals surface area contributed by atoms with Crippen LogP contribution in [0.4, 0.5) is 17.5 Å². The van der Waals surface area contributed by atoms with Crippen molar-refractivity contribution in [2.75, 3.05) is 22.1 Å². The molecule has 158 valence electrons. The summed E-state index contributed by atoms with van der Waals surface area (Å²) in [5, 5.41) is 5.57. The molecule has 30 heavy (non-hydrogen) atoms. The second-order valence-electron chi connectivity index (χ2n) is 8.30. The van der Waals surface area contributed by atoms with Crippen LogP contribution in [0.25, 0.3) is 0 Å². The molecule has 8 heteroatoms. The van der Waals surface area contributed by atoms with E-state index in [1.54, 1.807) is 0 Å². The van der Waals surface area contributed by atoms with Gasteiger partial charge in [0.05, 0.1) is 11.5 Å². The lowest BCUT2D eigenvalue weighted by Crippen LogP contribution is -2.42. The first kappa shape index (κ1) is 20.1. The smallest absolute Gasteiger partial charge is 0.258 e. The van der Waals surface area contributed by atoms with Crippen LogP contribution >= 0.6 is 0 Å². The number of nitrogens with zero attached hydrogens (tertiary/aromatic N) is 2. The number of aromatic nitrogens is 2. The average Bonchev–Trinajstić information content (AvgIpc) is 2.70. The molecule has 8 nitrogen and oxygen atoms in total.